The van der Waals surface area contributed by atoms with Crippen LogP contribution in [-0.2, 0) is 13.0 Å². The number of nitrogens with one attached hydrogen (secondary N) is 1. The van der Waals surface area contributed by atoms with E-state index >= 15 is 0 Å². The maximum Gasteiger partial charge on any atom is 0.0430 e. The van der Waals surface area contributed by atoms with Crippen molar-refractivity contribution in [3.05, 3.63) is 59.2 Å². The van der Waals surface area contributed by atoms with Crippen molar-refractivity contribution in [1.29, 1.82) is 0 Å². The SMILES string of the molecule is CCc1ccc(Nc2ccccc2C)c(CN(C)C)c1.[HH]. The van der Waals surface area contributed by atoms with Gasteiger partial charge >= 0.3 is 0 Å². The molecular formula is C18H26N2. The molecule has 1 N–H and O–H groups in total. The van der Waals surface area contributed by atoms with Crippen LogP contribution >= 0.6 is 0 Å². The van der Waals surface area contributed by atoms with Gasteiger partial charge in [-0.3, -0.25) is 0 Å². The van der Waals surface area contributed by atoms with Crippen LogP contribution in [0.15, 0.2) is 42.5 Å². The van der Waals surface area contributed by atoms with Crippen LogP contribution in [-0.4, -0.2) is 19.0 Å². The molecule has 0 spiro atoms. The van der Waals surface area contributed by atoms with Crippen LogP contribution in [0.1, 0.15) is 25.0 Å². The topological polar surface area (TPSA) is 15.3 Å². The number of hydrogen-bond donors (Lipinski definition) is 1. The number of benzene rings is 2. The molecule has 108 valence electrons. The van der Waals surface area contributed by atoms with E-state index in [-0.39, 0.29) is 1.43 Å². The second kappa shape index (κ2) is 6.58. The van der Waals surface area contributed by atoms with Gasteiger partial charge in [0.1, 0.15) is 0 Å². The summed E-state index contributed by atoms with van der Waals surface area (Å²) in [6.45, 7) is 5.28. The van der Waals surface area contributed by atoms with Crippen molar-refractivity contribution in [1.82, 2.24) is 4.90 Å². The van der Waals surface area contributed by atoms with Crippen molar-refractivity contribution in [2.75, 3.05) is 19.4 Å². The number of anilines is 2. The van der Waals surface area contributed by atoms with E-state index in [4.69, 9.17) is 0 Å². The molecule has 0 heterocycles. The van der Waals surface area contributed by atoms with Crippen molar-refractivity contribution in [2.24, 2.45) is 0 Å². The lowest BCUT2D eigenvalue weighted by molar-refractivity contribution is 0.403. The molecule has 2 nitrogen and oxygen atoms in total. The molecule has 20 heavy (non-hydrogen) atoms. The van der Waals surface area contributed by atoms with Crippen molar-refractivity contribution in [2.45, 2.75) is 26.8 Å². The van der Waals surface area contributed by atoms with Gasteiger partial charge < -0.3 is 10.2 Å². The highest BCUT2D eigenvalue weighted by molar-refractivity contribution is 5.66. The van der Waals surface area contributed by atoms with Crippen molar-refractivity contribution >= 4 is 11.4 Å². The monoisotopic (exact) mass is 270 g/mol. The lowest BCUT2D eigenvalue weighted by atomic mass is 10.1. The summed E-state index contributed by atoms with van der Waals surface area (Å²) in [6, 6.07) is 15.1. The van der Waals surface area contributed by atoms with Crippen molar-refractivity contribution in [3.8, 4) is 0 Å². The van der Waals surface area contributed by atoms with Crippen LogP contribution in [0, 0.1) is 6.92 Å². The Balaban J connectivity index is 0.00000220. The van der Waals surface area contributed by atoms with Gasteiger partial charge in [0.15, 0.2) is 0 Å². The molecule has 0 radical (unpaired) electrons. The molecule has 0 saturated heterocycles. The van der Waals surface area contributed by atoms with Gasteiger partial charge in [0, 0.05) is 19.3 Å². The van der Waals surface area contributed by atoms with E-state index in [0.717, 1.165) is 13.0 Å². The minimum Gasteiger partial charge on any atom is -0.355 e. The molecule has 0 aliphatic heterocycles. The second-order valence-corrected chi connectivity index (χ2v) is 5.52. The van der Waals surface area contributed by atoms with E-state index in [2.05, 4.69) is 80.6 Å². The van der Waals surface area contributed by atoms with Crippen molar-refractivity contribution < 1.29 is 1.43 Å². The number of nitrogens with zero attached hydrogens (tertiary/aromatic N) is 1. The third kappa shape index (κ3) is 3.61. The molecule has 0 fully saturated rings. The zero-order valence-corrected chi connectivity index (χ0v) is 12.9. The highest BCUT2D eigenvalue weighted by Crippen LogP contribution is 2.25. The zero-order valence-electron chi connectivity index (χ0n) is 12.9. The van der Waals surface area contributed by atoms with Gasteiger partial charge in [-0.1, -0.05) is 37.3 Å². The molecule has 0 aliphatic carbocycles. The van der Waals surface area contributed by atoms with E-state index in [9.17, 15) is 0 Å². The first-order valence-electron chi connectivity index (χ1n) is 7.19. The number of aryl methyl sites for hydroxylation is 2. The van der Waals surface area contributed by atoms with Crippen LogP contribution < -0.4 is 5.32 Å². The van der Waals surface area contributed by atoms with Gasteiger partial charge in [0.2, 0.25) is 0 Å². The van der Waals surface area contributed by atoms with Gasteiger partial charge in [-0.2, -0.15) is 0 Å². The summed E-state index contributed by atoms with van der Waals surface area (Å²) < 4.78 is 0. The fourth-order valence-electron chi connectivity index (χ4n) is 2.32. The summed E-state index contributed by atoms with van der Waals surface area (Å²) >= 11 is 0. The molecule has 0 bridgehead atoms. The smallest absolute Gasteiger partial charge is 0.0430 e. The van der Waals surface area contributed by atoms with E-state index < -0.39 is 0 Å². The standard InChI is InChI=1S/C18H24N2.H2/c1-5-15-10-11-18(16(12-15)13-20(3)4)19-17-9-7-6-8-14(17)2;/h6-12,19H,5,13H2,1-4H3;1H. The molecule has 0 aromatic heterocycles. The Hall–Kier alpha value is -1.80. The highest BCUT2D eigenvalue weighted by Gasteiger charge is 2.06. The predicted molar refractivity (Wildman–Crippen MR) is 89.8 cm³/mol. The van der Waals surface area contributed by atoms with Gasteiger partial charge in [0.05, 0.1) is 0 Å². The van der Waals surface area contributed by atoms with Crippen molar-refractivity contribution in [3.63, 3.8) is 0 Å². The fraction of sp³-hybridized carbons (Fsp3) is 0.333. The summed E-state index contributed by atoms with van der Waals surface area (Å²) in [5, 5.41) is 3.57. The highest BCUT2D eigenvalue weighted by atomic mass is 15.1. The Morgan fingerprint density at radius 3 is 2.45 bits per heavy atom. The first-order valence-corrected chi connectivity index (χ1v) is 7.19. The van der Waals surface area contributed by atoms with Crippen LogP contribution in [0.5, 0.6) is 0 Å². The van der Waals surface area contributed by atoms with Crippen LogP contribution in [0.4, 0.5) is 11.4 Å². The van der Waals surface area contributed by atoms with Crippen LogP contribution in [0.25, 0.3) is 0 Å². The lowest BCUT2D eigenvalue weighted by Gasteiger charge is -2.18. The predicted octanol–water partition coefficient (Wildman–Crippen LogP) is 4.61. The summed E-state index contributed by atoms with van der Waals surface area (Å²) in [5.74, 6) is 0. The number of hydrogen-bond acceptors (Lipinski definition) is 2. The van der Waals surface area contributed by atoms with E-state index in [1.807, 2.05) is 0 Å². The Bertz CT molecular complexity index is 579. The van der Waals surface area contributed by atoms with E-state index in [1.54, 1.807) is 0 Å². The van der Waals surface area contributed by atoms with Gasteiger partial charge in [-0.05, 0) is 56.3 Å². The molecule has 0 saturated carbocycles. The average molecular weight is 270 g/mol. The normalized spacial score (nSPS) is 10.8. The van der Waals surface area contributed by atoms with Gasteiger partial charge in [-0.25, -0.2) is 0 Å². The molecule has 0 unspecified atom stereocenters. The van der Waals surface area contributed by atoms with Crippen LogP contribution in [0.2, 0.25) is 0 Å². The minimum atomic E-state index is 0. The number of para-hydroxylation sites is 1. The maximum absolute atomic E-state index is 3.57. The number of rotatable bonds is 5. The zero-order chi connectivity index (χ0) is 14.5. The third-order valence-corrected chi connectivity index (χ3v) is 3.48. The first-order chi connectivity index (χ1) is 9.60. The van der Waals surface area contributed by atoms with Crippen LogP contribution in [0.3, 0.4) is 0 Å². The fourth-order valence-corrected chi connectivity index (χ4v) is 2.32. The molecule has 2 aromatic carbocycles. The third-order valence-electron chi connectivity index (χ3n) is 3.48. The summed E-state index contributed by atoms with van der Waals surface area (Å²) in [5.41, 5.74) is 6.37. The largest absolute Gasteiger partial charge is 0.355 e. The lowest BCUT2D eigenvalue weighted by Crippen LogP contribution is -2.12. The Kier molecular flexibility index (Phi) is 4.80. The molecular weight excluding hydrogens is 244 g/mol. The van der Waals surface area contributed by atoms with Gasteiger partial charge in [0.25, 0.3) is 0 Å². The summed E-state index contributed by atoms with van der Waals surface area (Å²) in [7, 11) is 4.21. The molecule has 2 heteroatoms. The quantitative estimate of drug-likeness (QED) is 0.853. The molecule has 0 atom stereocenters. The maximum atomic E-state index is 3.57. The molecule has 0 aliphatic rings. The average Bonchev–Trinajstić information content (AvgIpc) is 2.42. The van der Waals surface area contributed by atoms with E-state index in [1.165, 1.54) is 28.1 Å². The Morgan fingerprint density at radius 1 is 1.05 bits per heavy atom. The summed E-state index contributed by atoms with van der Waals surface area (Å²) in [4.78, 5) is 2.21. The second-order valence-electron chi connectivity index (χ2n) is 5.52. The van der Waals surface area contributed by atoms with Gasteiger partial charge in [-0.15, -0.1) is 0 Å². The molecule has 2 aromatic rings. The minimum absolute atomic E-state index is 0. The van der Waals surface area contributed by atoms with E-state index in [0.29, 0.717) is 0 Å². The first kappa shape index (κ1) is 14.6. The summed E-state index contributed by atoms with van der Waals surface area (Å²) in [6.07, 6.45) is 1.07. The Morgan fingerprint density at radius 2 is 1.80 bits per heavy atom. The molecule has 2 rings (SSSR count). The molecule has 0 amide bonds. The Labute approximate surface area is 123 Å².